The van der Waals surface area contributed by atoms with Crippen LogP contribution in [0.5, 0.6) is 17.2 Å². The molecule has 0 amide bonds. The van der Waals surface area contributed by atoms with E-state index in [-0.39, 0.29) is 11.9 Å². The average Bonchev–Trinajstić information content (AvgIpc) is 2.75. The van der Waals surface area contributed by atoms with Crippen LogP contribution in [-0.2, 0) is 0 Å². The molecule has 4 heteroatoms. The van der Waals surface area contributed by atoms with Crippen LogP contribution in [0.3, 0.4) is 0 Å². The minimum atomic E-state index is 0.0665. The monoisotopic (exact) mass is 235 g/mol. The van der Waals surface area contributed by atoms with Crippen molar-refractivity contribution in [1.29, 1.82) is 0 Å². The van der Waals surface area contributed by atoms with Crippen molar-refractivity contribution < 1.29 is 14.6 Å². The molecule has 0 radical (unpaired) electrons. The van der Waals surface area contributed by atoms with E-state index in [0.717, 1.165) is 13.0 Å². The molecule has 0 saturated carbocycles. The molecule has 3 rings (SSSR count). The molecule has 92 valence electrons. The van der Waals surface area contributed by atoms with Crippen molar-refractivity contribution in [3.8, 4) is 17.2 Å². The molecule has 0 unspecified atom stereocenters. The van der Waals surface area contributed by atoms with Crippen molar-refractivity contribution in [1.82, 2.24) is 4.90 Å². The van der Waals surface area contributed by atoms with E-state index in [1.165, 1.54) is 6.42 Å². The minimum Gasteiger partial charge on any atom is -0.504 e. The molecule has 1 fully saturated rings. The van der Waals surface area contributed by atoms with Crippen LogP contribution in [0.2, 0.25) is 0 Å². The Morgan fingerprint density at radius 2 is 2.29 bits per heavy atom. The van der Waals surface area contributed by atoms with Crippen molar-refractivity contribution in [2.24, 2.45) is 0 Å². The van der Waals surface area contributed by atoms with Crippen molar-refractivity contribution in [3.05, 3.63) is 18.2 Å². The van der Waals surface area contributed by atoms with Gasteiger partial charge in [-0.15, -0.1) is 0 Å². The Hall–Kier alpha value is -1.42. The number of benzene rings is 1. The van der Waals surface area contributed by atoms with E-state index >= 15 is 0 Å². The number of rotatable bonds is 1. The summed E-state index contributed by atoms with van der Waals surface area (Å²) in [5.74, 6) is 1.28. The molecule has 2 atom stereocenters. The van der Waals surface area contributed by atoms with Crippen LogP contribution in [0.25, 0.3) is 0 Å². The lowest BCUT2D eigenvalue weighted by Gasteiger charge is -2.33. The molecular formula is C13H17NO3. The fourth-order valence-electron chi connectivity index (χ4n) is 2.70. The van der Waals surface area contributed by atoms with Gasteiger partial charge in [0.05, 0.1) is 0 Å². The number of para-hydroxylation sites is 1. The molecule has 0 spiro atoms. The van der Waals surface area contributed by atoms with Gasteiger partial charge in [0.15, 0.2) is 11.5 Å². The third kappa shape index (κ3) is 1.82. The first-order valence-corrected chi connectivity index (χ1v) is 6.07. The molecular weight excluding hydrogens is 218 g/mol. The zero-order chi connectivity index (χ0) is 11.8. The predicted molar refractivity (Wildman–Crippen MR) is 63.7 cm³/mol. The highest BCUT2D eigenvalue weighted by Crippen LogP contribution is 2.40. The standard InChI is InChI=1S/C13H17NO3/c1-14-7-3-4-9(14)12-8-16-13-10(15)5-2-6-11(13)17-12/h2,5-6,9,12,15H,3-4,7-8H2,1H3/t9-,12+/m0/s1. The number of ether oxygens (including phenoxy) is 2. The second kappa shape index (κ2) is 4.11. The first kappa shape index (κ1) is 10.7. The largest absolute Gasteiger partial charge is 0.504 e. The molecule has 2 aliphatic heterocycles. The first-order valence-electron chi connectivity index (χ1n) is 6.07. The molecule has 1 N–H and O–H groups in total. The second-order valence-corrected chi connectivity index (χ2v) is 4.76. The number of likely N-dealkylation sites (tertiary alicyclic amines) is 1. The topological polar surface area (TPSA) is 41.9 Å². The van der Waals surface area contributed by atoms with Gasteiger partial charge in [0, 0.05) is 6.04 Å². The van der Waals surface area contributed by atoms with E-state index in [2.05, 4.69) is 11.9 Å². The van der Waals surface area contributed by atoms with Crippen LogP contribution in [0, 0.1) is 0 Å². The number of fused-ring (bicyclic) bond motifs is 1. The van der Waals surface area contributed by atoms with Crippen LogP contribution in [0.15, 0.2) is 18.2 Å². The van der Waals surface area contributed by atoms with Crippen molar-refractivity contribution in [3.63, 3.8) is 0 Å². The van der Waals surface area contributed by atoms with Gasteiger partial charge in [0.25, 0.3) is 0 Å². The maximum absolute atomic E-state index is 9.64. The van der Waals surface area contributed by atoms with Gasteiger partial charge >= 0.3 is 0 Å². The summed E-state index contributed by atoms with van der Waals surface area (Å²) in [7, 11) is 2.12. The predicted octanol–water partition coefficient (Wildman–Crippen LogP) is 1.63. The second-order valence-electron chi connectivity index (χ2n) is 4.76. The Balaban J connectivity index is 1.81. The lowest BCUT2D eigenvalue weighted by Crippen LogP contribution is -2.45. The van der Waals surface area contributed by atoms with Crippen molar-refractivity contribution in [2.45, 2.75) is 25.0 Å². The number of phenolic OH excluding ortho intramolecular Hbond substituents is 1. The highest BCUT2D eigenvalue weighted by Gasteiger charge is 2.34. The third-order valence-electron chi connectivity index (χ3n) is 3.63. The lowest BCUT2D eigenvalue weighted by atomic mass is 10.1. The summed E-state index contributed by atoms with van der Waals surface area (Å²) in [6.45, 7) is 1.64. The first-order chi connectivity index (χ1) is 8.25. The molecule has 2 aliphatic rings. The van der Waals surface area contributed by atoms with Crippen molar-refractivity contribution >= 4 is 0 Å². The smallest absolute Gasteiger partial charge is 0.203 e. The summed E-state index contributed by atoms with van der Waals surface area (Å²) >= 11 is 0. The van der Waals surface area contributed by atoms with E-state index in [4.69, 9.17) is 9.47 Å². The summed E-state index contributed by atoms with van der Waals surface area (Å²) in [6, 6.07) is 5.66. The zero-order valence-electron chi connectivity index (χ0n) is 9.93. The maximum Gasteiger partial charge on any atom is 0.203 e. The van der Waals surface area contributed by atoms with Crippen LogP contribution in [0.4, 0.5) is 0 Å². The van der Waals surface area contributed by atoms with Gasteiger partial charge in [-0.05, 0) is 38.6 Å². The van der Waals surface area contributed by atoms with E-state index in [1.54, 1.807) is 12.1 Å². The Labute approximate surface area is 101 Å². The molecule has 4 nitrogen and oxygen atoms in total. The number of hydrogen-bond donors (Lipinski definition) is 1. The highest BCUT2D eigenvalue weighted by atomic mass is 16.6. The van der Waals surface area contributed by atoms with Gasteiger partial charge < -0.3 is 14.6 Å². The molecule has 0 bridgehead atoms. The highest BCUT2D eigenvalue weighted by molar-refractivity contribution is 5.51. The van der Waals surface area contributed by atoms with E-state index in [1.807, 2.05) is 6.07 Å². The molecule has 2 heterocycles. The van der Waals surface area contributed by atoms with Gasteiger partial charge in [-0.1, -0.05) is 6.07 Å². The normalized spacial score (nSPS) is 28.3. The van der Waals surface area contributed by atoms with E-state index in [0.29, 0.717) is 24.1 Å². The Morgan fingerprint density at radius 1 is 1.41 bits per heavy atom. The molecule has 0 aromatic heterocycles. The number of nitrogens with zero attached hydrogens (tertiary/aromatic N) is 1. The molecule has 1 aromatic carbocycles. The van der Waals surface area contributed by atoms with Crippen molar-refractivity contribution in [2.75, 3.05) is 20.2 Å². The number of phenols is 1. The Morgan fingerprint density at radius 3 is 3.06 bits per heavy atom. The van der Waals surface area contributed by atoms with E-state index < -0.39 is 0 Å². The van der Waals surface area contributed by atoms with Gasteiger partial charge in [-0.2, -0.15) is 0 Å². The maximum atomic E-state index is 9.64. The molecule has 1 aromatic rings. The van der Waals surface area contributed by atoms with Gasteiger partial charge in [0.2, 0.25) is 5.75 Å². The quantitative estimate of drug-likeness (QED) is 0.803. The van der Waals surface area contributed by atoms with Crippen LogP contribution in [-0.4, -0.2) is 42.4 Å². The fraction of sp³-hybridized carbons (Fsp3) is 0.538. The van der Waals surface area contributed by atoms with Crippen LogP contribution in [0.1, 0.15) is 12.8 Å². The number of hydrogen-bond acceptors (Lipinski definition) is 4. The van der Waals surface area contributed by atoms with Gasteiger partial charge in [-0.25, -0.2) is 0 Å². The fourth-order valence-corrected chi connectivity index (χ4v) is 2.70. The number of aromatic hydroxyl groups is 1. The summed E-state index contributed by atoms with van der Waals surface area (Å²) in [5, 5.41) is 9.64. The third-order valence-corrected chi connectivity index (χ3v) is 3.63. The van der Waals surface area contributed by atoms with E-state index in [9.17, 15) is 5.11 Å². The summed E-state index contributed by atoms with van der Waals surface area (Å²) < 4.78 is 11.6. The summed E-state index contributed by atoms with van der Waals surface area (Å²) in [4.78, 5) is 2.32. The summed E-state index contributed by atoms with van der Waals surface area (Å²) in [6.07, 6.45) is 2.43. The van der Waals surface area contributed by atoms with Crippen LogP contribution >= 0.6 is 0 Å². The van der Waals surface area contributed by atoms with Gasteiger partial charge in [-0.3, -0.25) is 4.90 Å². The lowest BCUT2D eigenvalue weighted by molar-refractivity contribution is 0.0352. The van der Waals surface area contributed by atoms with Crippen LogP contribution < -0.4 is 9.47 Å². The Bertz CT molecular complexity index is 421. The summed E-state index contributed by atoms with van der Waals surface area (Å²) in [5.41, 5.74) is 0. The molecule has 0 aliphatic carbocycles. The van der Waals surface area contributed by atoms with Gasteiger partial charge in [0.1, 0.15) is 12.7 Å². The average molecular weight is 235 g/mol. The molecule has 17 heavy (non-hydrogen) atoms. The minimum absolute atomic E-state index is 0.0665. The number of likely N-dealkylation sites (N-methyl/N-ethyl adjacent to an activating group) is 1. The Kier molecular flexibility index (Phi) is 2.59. The molecule has 1 saturated heterocycles. The zero-order valence-corrected chi connectivity index (χ0v) is 9.93. The SMILES string of the molecule is CN1CCC[C@H]1[C@H]1COc2c(O)cccc2O1.